The number of hydrogen-bond acceptors (Lipinski definition) is 5. The Kier molecular flexibility index (Phi) is 11.9. The molecular weight excluding hydrogens is 633 g/mol. The minimum absolute atomic E-state index is 0.00116. The van der Waals surface area contributed by atoms with Crippen molar-refractivity contribution < 1.29 is 22.7 Å². The highest BCUT2D eigenvalue weighted by molar-refractivity contribution is 7.92. The largest absolute Gasteiger partial charge is 0.457 e. The highest BCUT2D eigenvalue weighted by atomic mass is 35.5. The molecule has 0 saturated carbocycles. The molecule has 1 unspecified atom stereocenters. The van der Waals surface area contributed by atoms with E-state index < -0.39 is 28.5 Å². The second-order valence-corrected chi connectivity index (χ2v) is 13.0. The van der Waals surface area contributed by atoms with Gasteiger partial charge in [-0.05, 0) is 79.6 Å². The van der Waals surface area contributed by atoms with Gasteiger partial charge in [0.25, 0.3) is 10.0 Å². The number of amides is 2. The van der Waals surface area contributed by atoms with Gasteiger partial charge >= 0.3 is 0 Å². The van der Waals surface area contributed by atoms with Gasteiger partial charge in [-0.15, -0.1) is 0 Å². The number of hydrogen-bond donors (Lipinski definition) is 1. The molecule has 0 aromatic heterocycles. The lowest BCUT2D eigenvalue weighted by Gasteiger charge is -2.32. The van der Waals surface area contributed by atoms with Gasteiger partial charge in [-0.2, -0.15) is 0 Å². The normalized spacial score (nSPS) is 11.8. The molecule has 0 aliphatic heterocycles. The summed E-state index contributed by atoms with van der Waals surface area (Å²) in [5, 5.41) is 3.52. The zero-order chi connectivity index (χ0) is 32.4. The van der Waals surface area contributed by atoms with Crippen LogP contribution in [0.2, 0.25) is 10.0 Å². The Morgan fingerprint density at radius 3 is 2.09 bits per heavy atom. The van der Waals surface area contributed by atoms with Crippen molar-refractivity contribution in [3.63, 3.8) is 0 Å². The van der Waals surface area contributed by atoms with Crippen molar-refractivity contribution in [2.75, 3.05) is 17.4 Å². The van der Waals surface area contributed by atoms with Crippen molar-refractivity contribution in [1.82, 2.24) is 10.2 Å². The van der Waals surface area contributed by atoms with Crippen LogP contribution in [-0.2, 0) is 26.2 Å². The van der Waals surface area contributed by atoms with Crippen LogP contribution in [0.25, 0.3) is 0 Å². The number of nitrogens with zero attached hydrogens (tertiary/aromatic N) is 2. The summed E-state index contributed by atoms with van der Waals surface area (Å²) in [5.74, 6) is 0.186. The number of anilines is 1. The van der Waals surface area contributed by atoms with E-state index in [0.29, 0.717) is 33.7 Å². The van der Waals surface area contributed by atoms with Crippen molar-refractivity contribution in [2.45, 2.75) is 44.2 Å². The predicted octanol–water partition coefficient (Wildman–Crippen LogP) is 7.31. The molecule has 8 nitrogen and oxygen atoms in total. The molecule has 236 valence electrons. The maximum Gasteiger partial charge on any atom is 0.264 e. The van der Waals surface area contributed by atoms with Crippen LogP contribution >= 0.6 is 23.2 Å². The van der Waals surface area contributed by atoms with Gasteiger partial charge in [0.2, 0.25) is 11.8 Å². The Balaban J connectivity index is 1.68. The van der Waals surface area contributed by atoms with Gasteiger partial charge in [0.05, 0.1) is 20.6 Å². The van der Waals surface area contributed by atoms with Crippen LogP contribution in [-0.4, -0.2) is 44.3 Å². The molecule has 4 rings (SSSR count). The number of para-hydroxylation sites is 1. The number of nitrogens with one attached hydrogen (secondary N) is 1. The number of carbonyl (C=O) groups excluding carboxylic acids is 2. The van der Waals surface area contributed by atoms with E-state index in [9.17, 15) is 18.0 Å². The van der Waals surface area contributed by atoms with Crippen LogP contribution in [0.15, 0.2) is 108 Å². The van der Waals surface area contributed by atoms with E-state index in [1.165, 1.54) is 17.0 Å². The van der Waals surface area contributed by atoms with E-state index in [-0.39, 0.29) is 23.0 Å². The second-order valence-electron chi connectivity index (χ2n) is 10.3. The summed E-state index contributed by atoms with van der Waals surface area (Å²) in [7, 11) is -4.20. The van der Waals surface area contributed by atoms with E-state index in [2.05, 4.69) is 5.32 Å². The fourth-order valence-corrected chi connectivity index (χ4v) is 6.26. The molecule has 0 spiro atoms. The average Bonchev–Trinajstić information content (AvgIpc) is 3.05. The first-order chi connectivity index (χ1) is 21.6. The molecule has 45 heavy (non-hydrogen) atoms. The predicted molar refractivity (Wildman–Crippen MR) is 178 cm³/mol. The number of unbranched alkanes of at least 4 members (excludes halogenated alkanes) is 1. The van der Waals surface area contributed by atoms with E-state index in [1.54, 1.807) is 79.7 Å². The van der Waals surface area contributed by atoms with Crippen LogP contribution in [0, 0.1) is 0 Å². The van der Waals surface area contributed by atoms with Crippen LogP contribution < -0.4 is 14.4 Å². The van der Waals surface area contributed by atoms with E-state index in [4.69, 9.17) is 27.9 Å². The first kappa shape index (κ1) is 33.8. The first-order valence-electron chi connectivity index (χ1n) is 14.5. The Bertz CT molecular complexity index is 1690. The van der Waals surface area contributed by atoms with E-state index >= 15 is 0 Å². The van der Waals surface area contributed by atoms with Gasteiger partial charge in [-0.1, -0.05) is 79.0 Å². The minimum atomic E-state index is -4.20. The third-order valence-corrected chi connectivity index (χ3v) is 9.57. The fourth-order valence-electron chi connectivity index (χ4n) is 4.51. The average molecular weight is 669 g/mol. The number of rotatable bonds is 14. The van der Waals surface area contributed by atoms with Crippen molar-refractivity contribution in [1.29, 1.82) is 0 Å². The lowest BCUT2D eigenvalue weighted by Crippen LogP contribution is -2.51. The molecular formula is C34H35Cl2N3O5S. The SMILES string of the molecule is CCCCNC(=O)C(C)N(Cc1ccc(Cl)c(Cl)c1)C(=O)CN(c1ccc(Oc2ccccc2)cc1)S(=O)(=O)c1ccccc1. The standard InChI is InChI=1S/C34H35Cl2N3O5S/c1-3-4-21-37-34(41)25(2)38(23-26-15-20-31(35)32(36)22-26)33(40)24-39(45(42,43)30-13-9-6-10-14-30)27-16-18-29(19-17-27)44-28-11-7-5-8-12-28/h5-20,22,25H,3-4,21,23-24H2,1-2H3,(H,37,41). The summed E-state index contributed by atoms with van der Waals surface area (Å²) >= 11 is 12.4. The molecule has 1 N–H and O–H groups in total. The lowest BCUT2D eigenvalue weighted by molar-refractivity contribution is -0.139. The van der Waals surface area contributed by atoms with Crippen molar-refractivity contribution >= 4 is 50.7 Å². The summed E-state index contributed by atoms with van der Waals surface area (Å²) in [6, 6.07) is 27.5. The van der Waals surface area contributed by atoms with Gasteiger partial charge in [0.1, 0.15) is 24.1 Å². The highest BCUT2D eigenvalue weighted by Crippen LogP contribution is 2.29. The molecule has 0 saturated heterocycles. The summed E-state index contributed by atoms with van der Waals surface area (Å²) in [4.78, 5) is 28.6. The number of sulfonamides is 1. The Labute approximate surface area is 274 Å². The maximum absolute atomic E-state index is 14.1. The zero-order valence-electron chi connectivity index (χ0n) is 25.0. The topological polar surface area (TPSA) is 96.0 Å². The van der Waals surface area contributed by atoms with Gasteiger partial charge in [0.15, 0.2) is 0 Å². The summed E-state index contributed by atoms with van der Waals surface area (Å²) in [6.07, 6.45) is 1.67. The molecule has 0 aliphatic rings. The molecule has 0 radical (unpaired) electrons. The Hall–Kier alpha value is -4.05. The number of ether oxygens (including phenoxy) is 1. The van der Waals surface area contributed by atoms with Crippen LogP contribution in [0.5, 0.6) is 11.5 Å². The van der Waals surface area contributed by atoms with E-state index in [0.717, 1.165) is 17.1 Å². The summed E-state index contributed by atoms with van der Waals surface area (Å²) in [6.45, 7) is 3.52. The molecule has 2 amide bonds. The monoisotopic (exact) mass is 667 g/mol. The molecule has 0 aliphatic carbocycles. The van der Waals surface area contributed by atoms with Crippen molar-refractivity contribution in [3.8, 4) is 11.5 Å². The first-order valence-corrected chi connectivity index (χ1v) is 16.7. The van der Waals surface area contributed by atoms with Crippen LogP contribution in [0.1, 0.15) is 32.3 Å². The molecule has 1 atom stereocenters. The molecule has 11 heteroatoms. The van der Waals surface area contributed by atoms with Gasteiger partial charge in [-0.25, -0.2) is 8.42 Å². The quantitative estimate of drug-likeness (QED) is 0.142. The molecule has 0 fully saturated rings. The summed E-state index contributed by atoms with van der Waals surface area (Å²) < 4.78 is 34.9. The Morgan fingerprint density at radius 2 is 1.47 bits per heavy atom. The third kappa shape index (κ3) is 9.00. The Morgan fingerprint density at radius 1 is 0.844 bits per heavy atom. The van der Waals surface area contributed by atoms with Gasteiger partial charge < -0.3 is 15.0 Å². The number of halogens is 2. The maximum atomic E-state index is 14.1. The van der Waals surface area contributed by atoms with Crippen LogP contribution in [0.3, 0.4) is 0 Å². The molecule has 0 heterocycles. The molecule has 4 aromatic carbocycles. The minimum Gasteiger partial charge on any atom is -0.457 e. The number of benzene rings is 4. The zero-order valence-corrected chi connectivity index (χ0v) is 27.4. The summed E-state index contributed by atoms with van der Waals surface area (Å²) in [5.41, 5.74) is 0.882. The third-order valence-electron chi connectivity index (χ3n) is 7.05. The molecule has 0 bridgehead atoms. The fraction of sp³-hybridized carbons (Fsp3) is 0.235. The smallest absolute Gasteiger partial charge is 0.264 e. The van der Waals surface area contributed by atoms with Crippen molar-refractivity contribution in [2.24, 2.45) is 0 Å². The number of carbonyl (C=O) groups is 2. The molecule has 4 aromatic rings. The highest BCUT2D eigenvalue weighted by Gasteiger charge is 2.32. The lowest BCUT2D eigenvalue weighted by atomic mass is 10.1. The van der Waals surface area contributed by atoms with E-state index in [1.807, 2.05) is 25.1 Å². The van der Waals surface area contributed by atoms with Crippen LogP contribution in [0.4, 0.5) is 5.69 Å². The van der Waals surface area contributed by atoms with Gasteiger partial charge in [-0.3, -0.25) is 13.9 Å². The van der Waals surface area contributed by atoms with Gasteiger partial charge in [0, 0.05) is 13.1 Å². The second kappa shape index (κ2) is 15.8. The van der Waals surface area contributed by atoms with Crippen molar-refractivity contribution in [3.05, 3.63) is 119 Å².